The van der Waals surface area contributed by atoms with E-state index in [4.69, 9.17) is 11.6 Å². The fraction of sp³-hybridized carbons (Fsp3) is 0.500. The molecule has 0 radical (unpaired) electrons. The zero-order valence-corrected chi connectivity index (χ0v) is 21.7. The van der Waals surface area contributed by atoms with Crippen molar-refractivity contribution in [2.45, 2.75) is 51.9 Å². The number of anilines is 1. The Bertz CT molecular complexity index is 1030. The largest absolute Gasteiger partial charge is 0.370 e. The van der Waals surface area contributed by atoms with Gasteiger partial charge in [-0.05, 0) is 67.0 Å². The molecule has 0 N–H and O–H groups in total. The van der Waals surface area contributed by atoms with Crippen LogP contribution in [0.5, 0.6) is 0 Å². The molecule has 1 saturated heterocycles. The molecule has 2 aromatic carbocycles. The van der Waals surface area contributed by atoms with E-state index in [-0.39, 0.29) is 11.8 Å². The molecule has 0 saturated carbocycles. The zero-order chi connectivity index (χ0) is 24.0. The maximum absolute atomic E-state index is 14.0. The van der Waals surface area contributed by atoms with Crippen LogP contribution in [0.4, 0.5) is 11.4 Å². The van der Waals surface area contributed by atoms with E-state index in [9.17, 15) is 8.42 Å². The third-order valence-electron chi connectivity index (χ3n) is 5.63. The summed E-state index contributed by atoms with van der Waals surface area (Å²) in [5, 5.41) is 0.668. The molecule has 0 aliphatic carbocycles. The van der Waals surface area contributed by atoms with E-state index in [1.165, 1.54) is 6.42 Å². The highest BCUT2D eigenvalue weighted by Gasteiger charge is 2.30. The lowest BCUT2D eigenvalue weighted by molar-refractivity contribution is 0.333. The Balaban J connectivity index is 2.04. The number of rotatable bonds is 9. The second-order valence-electron chi connectivity index (χ2n) is 9.62. The van der Waals surface area contributed by atoms with Crippen LogP contribution >= 0.6 is 11.6 Å². The average Bonchev–Trinajstić information content (AvgIpc) is 2.78. The minimum atomic E-state index is -3.68. The molecular weight excluding hydrogens is 454 g/mol. The third kappa shape index (κ3) is 7.05. The molecule has 0 amide bonds. The van der Waals surface area contributed by atoms with Gasteiger partial charge >= 0.3 is 0 Å². The molecule has 7 heteroatoms. The first-order chi connectivity index (χ1) is 15.7. The van der Waals surface area contributed by atoms with Gasteiger partial charge in [0.25, 0.3) is 0 Å². The van der Waals surface area contributed by atoms with Gasteiger partial charge in [-0.3, -0.25) is 4.99 Å². The minimum absolute atomic E-state index is 0.239. The number of aliphatic imine (C=N–C) groups is 1. The molecule has 5 nitrogen and oxygen atoms in total. The molecule has 1 fully saturated rings. The summed E-state index contributed by atoms with van der Waals surface area (Å²) in [6, 6.07) is 13.0. The van der Waals surface area contributed by atoms with Crippen LogP contribution in [0.2, 0.25) is 5.02 Å². The van der Waals surface area contributed by atoms with E-state index < -0.39 is 10.0 Å². The molecule has 0 bridgehead atoms. The van der Waals surface area contributed by atoms with E-state index in [0.717, 1.165) is 37.2 Å². The van der Waals surface area contributed by atoms with Crippen molar-refractivity contribution in [2.24, 2.45) is 16.8 Å². The molecule has 2 aromatic rings. The van der Waals surface area contributed by atoms with Gasteiger partial charge in [0.1, 0.15) is 4.90 Å². The summed E-state index contributed by atoms with van der Waals surface area (Å²) in [4.78, 5) is 7.15. The molecular formula is C26H36ClN3O2S. The van der Waals surface area contributed by atoms with Crippen molar-refractivity contribution in [3.8, 4) is 0 Å². The number of piperidine rings is 1. The van der Waals surface area contributed by atoms with Crippen LogP contribution in [0.1, 0.15) is 52.5 Å². The van der Waals surface area contributed by atoms with Crippen molar-refractivity contribution in [3.05, 3.63) is 53.1 Å². The number of nitrogens with zero attached hydrogens (tertiary/aromatic N) is 3. The molecule has 3 rings (SSSR count). The SMILES string of the molecule is CC(C)CN(CC(C)C)S(=O)(=O)c1cc(N=Cc2ccc(Cl)cc2)ccc1N1CCCCC1. The Hall–Kier alpha value is -1.89. The molecule has 1 aliphatic heterocycles. The minimum Gasteiger partial charge on any atom is -0.370 e. The summed E-state index contributed by atoms with van der Waals surface area (Å²) >= 11 is 5.97. The summed E-state index contributed by atoms with van der Waals surface area (Å²) in [6.45, 7) is 11.0. The average molecular weight is 490 g/mol. The Morgan fingerprint density at radius 1 is 0.970 bits per heavy atom. The fourth-order valence-electron chi connectivity index (χ4n) is 4.11. The van der Waals surface area contributed by atoms with Gasteiger partial charge in [-0.2, -0.15) is 4.31 Å². The Morgan fingerprint density at radius 3 is 2.15 bits per heavy atom. The Morgan fingerprint density at radius 2 is 1.58 bits per heavy atom. The van der Waals surface area contributed by atoms with Gasteiger partial charge in [0.15, 0.2) is 0 Å². The number of sulfonamides is 1. The second-order valence-corrected chi connectivity index (χ2v) is 12.0. The molecule has 0 aromatic heterocycles. The summed E-state index contributed by atoms with van der Waals surface area (Å²) in [7, 11) is -3.68. The predicted molar refractivity (Wildman–Crippen MR) is 140 cm³/mol. The van der Waals surface area contributed by atoms with Crippen molar-refractivity contribution in [3.63, 3.8) is 0 Å². The van der Waals surface area contributed by atoms with Gasteiger partial charge in [-0.1, -0.05) is 51.4 Å². The maximum atomic E-state index is 14.0. The van der Waals surface area contributed by atoms with Gasteiger partial charge in [0, 0.05) is 37.4 Å². The first-order valence-corrected chi connectivity index (χ1v) is 13.7. The van der Waals surface area contributed by atoms with Crippen molar-refractivity contribution in [2.75, 3.05) is 31.1 Å². The van der Waals surface area contributed by atoms with Crippen LogP contribution in [0.15, 0.2) is 52.4 Å². The first kappa shape index (κ1) is 25.7. The van der Waals surface area contributed by atoms with Crippen molar-refractivity contribution in [1.82, 2.24) is 4.31 Å². The summed E-state index contributed by atoms with van der Waals surface area (Å²) in [5.74, 6) is 0.478. The highest BCUT2D eigenvalue weighted by atomic mass is 35.5. The molecule has 0 atom stereocenters. The van der Waals surface area contributed by atoms with Crippen LogP contribution in [0, 0.1) is 11.8 Å². The van der Waals surface area contributed by atoms with Gasteiger partial charge < -0.3 is 4.90 Å². The maximum Gasteiger partial charge on any atom is 0.245 e. The first-order valence-electron chi connectivity index (χ1n) is 11.9. The number of hydrogen-bond acceptors (Lipinski definition) is 4. The lowest BCUT2D eigenvalue weighted by Crippen LogP contribution is -2.38. The molecule has 0 spiro atoms. The highest BCUT2D eigenvalue weighted by molar-refractivity contribution is 7.89. The third-order valence-corrected chi connectivity index (χ3v) is 7.74. The van der Waals surface area contributed by atoms with E-state index in [1.54, 1.807) is 16.6 Å². The van der Waals surface area contributed by atoms with Gasteiger partial charge in [-0.15, -0.1) is 0 Å². The van der Waals surface area contributed by atoms with Crippen LogP contribution < -0.4 is 4.90 Å². The van der Waals surface area contributed by atoms with E-state index in [0.29, 0.717) is 28.7 Å². The van der Waals surface area contributed by atoms with Gasteiger partial charge in [0.05, 0.1) is 11.4 Å². The summed E-state index contributed by atoms with van der Waals surface area (Å²) < 4.78 is 29.6. The van der Waals surface area contributed by atoms with Crippen molar-refractivity contribution < 1.29 is 8.42 Å². The number of halogens is 1. The highest BCUT2D eigenvalue weighted by Crippen LogP contribution is 2.34. The van der Waals surface area contributed by atoms with Gasteiger partial charge in [0.2, 0.25) is 10.0 Å². The summed E-state index contributed by atoms with van der Waals surface area (Å²) in [5.41, 5.74) is 2.32. The van der Waals surface area contributed by atoms with Crippen LogP contribution in [-0.4, -0.2) is 45.1 Å². The monoisotopic (exact) mass is 489 g/mol. The fourth-order valence-corrected chi connectivity index (χ4v) is 6.23. The molecule has 180 valence electrons. The second kappa shape index (κ2) is 11.5. The molecule has 33 heavy (non-hydrogen) atoms. The van der Waals surface area contributed by atoms with E-state index in [2.05, 4.69) is 37.6 Å². The van der Waals surface area contributed by atoms with Crippen molar-refractivity contribution in [1.29, 1.82) is 0 Å². The lowest BCUT2D eigenvalue weighted by atomic mass is 10.1. The quantitative estimate of drug-likeness (QED) is 0.384. The van der Waals surface area contributed by atoms with Crippen LogP contribution in [0.3, 0.4) is 0 Å². The predicted octanol–water partition coefficient (Wildman–Crippen LogP) is 6.38. The number of benzene rings is 2. The topological polar surface area (TPSA) is 53.0 Å². The van der Waals surface area contributed by atoms with E-state index >= 15 is 0 Å². The normalized spacial score (nSPS) is 15.3. The standard InChI is InChI=1S/C26H36ClN3O2S/c1-20(2)18-30(19-21(3)4)33(31,32)26-16-24(28-17-22-8-10-23(27)11-9-22)12-13-25(26)29-14-6-5-7-15-29/h8-13,16-17,20-21H,5-7,14-15,18-19H2,1-4H3. The van der Waals surface area contributed by atoms with Crippen LogP contribution in [-0.2, 0) is 10.0 Å². The lowest BCUT2D eigenvalue weighted by Gasteiger charge is -2.32. The van der Waals surface area contributed by atoms with Gasteiger partial charge in [-0.25, -0.2) is 8.42 Å². The summed E-state index contributed by atoms with van der Waals surface area (Å²) in [6.07, 6.45) is 5.09. The van der Waals surface area contributed by atoms with E-state index in [1.807, 2.05) is 36.4 Å². The molecule has 0 unspecified atom stereocenters. The Kier molecular flexibility index (Phi) is 8.96. The van der Waals surface area contributed by atoms with Crippen LogP contribution in [0.25, 0.3) is 0 Å². The van der Waals surface area contributed by atoms with Crippen molar-refractivity contribution >= 4 is 39.2 Å². The molecule has 1 aliphatic rings. The smallest absolute Gasteiger partial charge is 0.245 e. The molecule has 1 heterocycles. The Labute approximate surface area is 204 Å². The number of hydrogen-bond donors (Lipinski definition) is 0. The zero-order valence-electron chi connectivity index (χ0n) is 20.2.